The molecule has 0 atom stereocenters. The van der Waals surface area contributed by atoms with Gasteiger partial charge in [0.2, 0.25) is 0 Å². The van der Waals surface area contributed by atoms with E-state index in [0.29, 0.717) is 12.4 Å². The molecule has 0 fully saturated rings. The molecule has 2 aromatic carbocycles. The standard InChI is InChI=1S/C18H16N2O4/c1-12-9-18(16-10-15(23-2)7-8-17(16)19-12)24-11-13-3-5-14(6-4-13)20(21)22/h3-10H,11H2,1-2H3. The highest BCUT2D eigenvalue weighted by molar-refractivity contribution is 5.86. The second kappa shape index (κ2) is 6.54. The van der Waals surface area contributed by atoms with Crippen molar-refractivity contribution in [2.75, 3.05) is 7.11 Å². The number of hydrogen-bond acceptors (Lipinski definition) is 5. The maximum atomic E-state index is 10.7. The Labute approximate surface area is 138 Å². The van der Waals surface area contributed by atoms with Crippen molar-refractivity contribution in [2.24, 2.45) is 0 Å². The second-order valence-corrected chi connectivity index (χ2v) is 5.36. The first-order valence-corrected chi connectivity index (χ1v) is 7.38. The molecule has 0 radical (unpaired) electrons. The monoisotopic (exact) mass is 324 g/mol. The average Bonchev–Trinajstić information content (AvgIpc) is 2.59. The molecule has 0 aliphatic carbocycles. The minimum absolute atomic E-state index is 0.0636. The third kappa shape index (κ3) is 3.27. The van der Waals surface area contributed by atoms with Gasteiger partial charge >= 0.3 is 0 Å². The maximum Gasteiger partial charge on any atom is 0.269 e. The van der Waals surface area contributed by atoms with Crippen LogP contribution >= 0.6 is 0 Å². The largest absolute Gasteiger partial charge is 0.497 e. The fraction of sp³-hybridized carbons (Fsp3) is 0.167. The molecular weight excluding hydrogens is 308 g/mol. The molecular formula is C18H16N2O4. The molecule has 0 saturated heterocycles. The van der Waals surface area contributed by atoms with Crippen LogP contribution in [0, 0.1) is 17.0 Å². The predicted molar refractivity (Wildman–Crippen MR) is 90.5 cm³/mol. The van der Waals surface area contributed by atoms with Crippen molar-refractivity contribution in [2.45, 2.75) is 13.5 Å². The van der Waals surface area contributed by atoms with Crippen LogP contribution in [0.5, 0.6) is 11.5 Å². The number of aromatic nitrogens is 1. The molecule has 0 spiro atoms. The van der Waals surface area contributed by atoms with Crippen molar-refractivity contribution in [1.29, 1.82) is 0 Å². The van der Waals surface area contributed by atoms with E-state index in [1.54, 1.807) is 19.2 Å². The molecule has 0 saturated carbocycles. The zero-order chi connectivity index (χ0) is 17.1. The first kappa shape index (κ1) is 15.7. The molecule has 3 rings (SSSR count). The molecule has 0 N–H and O–H groups in total. The SMILES string of the molecule is COc1ccc2nc(C)cc(OCc3ccc([N+](=O)[O-])cc3)c2c1. The molecule has 24 heavy (non-hydrogen) atoms. The van der Waals surface area contributed by atoms with Gasteiger partial charge in [0.15, 0.2) is 0 Å². The van der Waals surface area contributed by atoms with Crippen LogP contribution < -0.4 is 9.47 Å². The number of non-ortho nitro benzene ring substituents is 1. The predicted octanol–water partition coefficient (Wildman–Crippen LogP) is 4.04. The topological polar surface area (TPSA) is 74.5 Å². The number of hydrogen-bond donors (Lipinski definition) is 0. The van der Waals surface area contributed by atoms with Crippen LogP contribution in [0.3, 0.4) is 0 Å². The summed E-state index contributed by atoms with van der Waals surface area (Å²) in [5.41, 5.74) is 2.60. The van der Waals surface area contributed by atoms with Crippen LogP contribution in [-0.4, -0.2) is 17.0 Å². The Hall–Kier alpha value is -3.15. The van der Waals surface area contributed by atoms with Gasteiger partial charge in [0.25, 0.3) is 5.69 Å². The highest BCUT2D eigenvalue weighted by Crippen LogP contribution is 2.29. The quantitative estimate of drug-likeness (QED) is 0.523. The highest BCUT2D eigenvalue weighted by Gasteiger charge is 2.08. The maximum absolute atomic E-state index is 10.7. The lowest BCUT2D eigenvalue weighted by Crippen LogP contribution is -1.98. The van der Waals surface area contributed by atoms with E-state index in [4.69, 9.17) is 9.47 Å². The molecule has 122 valence electrons. The third-order valence-corrected chi connectivity index (χ3v) is 3.65. The Balaban J connectivity index is 1.87. The molecule has 0 amide bonds. The number of pyridine rings is 1. The van der Waals surface area contributed by atoms with E-state index in [2.05, 4.69) is 4.98 Å². The van der Waals surface area contributed by atoms with Crippen LogP contribution in [0.4, 0.5) is 5.69 Å². The zero-order valence-corrected chi connectivity index (χ0v) is 13.4. The van der Waals surface area contributed by atoms with E-state index in [-0.39, 0.29) is 5.69 Å². The van der Waals surface area contributed by atoms with Gasteiger partial charge in [-0.2, -0.15) is 0 Å². The fourth-order valence-electron chi connectivity index (χ4n) is 2.42. The number of methoxy groups -OCH3 is 1. The van der Waals surface area contributed by atoms with Gasteiger partial charge in [-0.1, -0.05) is 0 Å². The van der Waals surface area contributed by atoms with Crippen LogP contribution in [0.15, 0.2) is 48.5 Å². The molecule has 6 heteroatoms. The Morgan fingerprint density at radius 2 is 1.88 bits per heavy atom. The molecule has 0 aliphatic heterocycles. The summed E-state index contributed by atoms with van der Waals surface area (Å²) in [5, 5.41) is 11.6. The van der Waals surface area contributed by atoms with Crippen molar-refractivity contribution in [3.05, 3.63) is 69.9 Å². The van der Waals surface area contributed by atoms with E-state index in [0.717, 1.165) is 27.9 Å². The number of nitrogens with zero attached hydrogens (tertiary/aromatic N) is 2. The molecule has 0 unspecified atom stereocenters. The van der Waals surface area contributed by atoms with Crippen molar-refractivity contribution >= 4 is 16.6 Å². The molecule has 3 aromatic rings. The van der Waals surface area contributed by atoms with Crippen molar-refractivity contribution in [3.8, 4) is 11.5 Å². The molecule has 0 aliphatic rings. The third-order valence-electron chi connectivity index (χ3n) is 3.65. The van der Waals surface area contributed by atoms with E-state index in [1.165, 1.54) is 12.1 Å². The van der Waals surface area contributed by atoms with Crippen LogP contribution in [0.2, 0.25) is 0 Å². The van der Waals surface area contributed by atoms with Crippen molar-refractivity contribution in [1.82, 2.24) is 4.98 Å². The van der Waals surface area contributed by atoms with Gasteiger partial charge in [-0.3, -0.25) is 15.1 Å². The fourth-order valence-corrected chi connectivity index (χ4v) is 2.42. The normalized spacial score (nSPS) is 10.6. The molecule has 1 aromatic heterocycles. The molecule has 1 heterocycles. The number of fused-ring (bicyclic) bond motifs is 1. The van der Waals surface area contributed by atoms with Crippen molar-refractivity contribution in [3.63, 3.8) is 0 Å². The van der Waals surface area contributed by atoms with Gasteiger partial charge in [0.1, 0.15) is 18.1 Å². The number of rotatable bonds is 5. The molecule has 0 bridgehead atoms. The summed E-state index contributed by atoms with van der Waals surface area (Å²) in [6, 6.07) is 13.8. The van der Waals surface area contributed by atoms with E-state index in [1.807, 2.05) is 31.2 Å². The van der Waals surface area contributed by atoms with Gasteiger partial charge in [-0.15, -0.1) is 0 Å². The molecule has 6 nitrogen and oxygen atoms in total. The zero-order valence-electron chi connectivity index (χ0n) is 13.4. The van der Waals surface area contributed by atoms with Crippen LogP contribution in [0.1, 0.15) is 11.3 Å². The lowest BCUT2D eigenvalue weighted by molar-refractivity contribution is -0.384. The van der Waals surface area contributed by atoms with Crippen molar-refractivity contribution < 1.29 is 14.4 Å². The summed E-state index contributed by atoms with van der Waals surface area (Å²) in [4.78, 5) is 14.8. The summed E-state index contributed by atoms with van der Waals surface area (Å²) >= 11 is 0. The summed E-state index contributed by atoms with van der Waals surface area (Å²) in [6.45, 7) is 2.22. The lowest BCUT2D eigenvalue weighted by Gasteiger charge is -2.11. The van der Waals surface area contributed by atoms with E-state index >= 15 is 0 Å². The Morgan fingerprint density at radius 3 is 2.54 bits per heavy atom. The van der Waals surface area contributed by atoms with E-state index in [9.17, 15) is 10.1 Å². The van der Waals surface area contributed by atoms with Crippen LogP contribution in [-0.2, 0) is 6.61 Å². The number of benzene rings is 2. The first-order chi connectivity index (χ1) is 11.6. The minimum Gasteiger partial charge on any atom is -0.497 e. The first-order valence-electron chi connectivity index (χ1n) is 7.38. The minimum atomic E-state index is -0.420. The summed E-state index contributed by atoms with van der Waals surface area (Å²) in [7, 11) is 1.61. The number of nitro benzene ring substituents is 1. The second-order valence-electron chi connectivity index (χ2n) is 5.36. The number of ether oxygens (including phenoxy) is 2. The summed E-state index contributed by atoms with van der Waals surface area (Å²) in [6.07, 6.45) is 0. The summed E-state index contributed by atoms with van der Waals surface area (Å²) in [5.74, 6) is 1.43. The number of aryl methyl sites for hydroxylation is 1. The Morgan fingerprint density at radius 1 is 1.12 bits per heavy atom. The van der Waals surface area contributed by atoms with Gasteiger partial charge in [-0.25, -0.2) is 0 Å². The Bertz CT molecular complexity index is 891. The van der Waals surface area contributed by atoms with Gasteiger partial charge in [-0.05, 0) is 42.8 Å². The lowest BCUT2D eigenvalue weighted by atomic mass is 10.1. The smallest absolute Gasteiger partial charge is 0.269 e. The van der Waals surface area contributed by atoms with E-state index < -0.39 is 4.92 Å². The van der Waals surface area contributed by atoms with Crippen LogP contribution in [0.25, 0.3) is 10.9 Å². The van der Waals surface area contributed by atoms with Gasteiger partial charge < -0.3 is 9.47 Å². The Kier molecular flexibility index (Phi) is 4.29. The summed E-state index contributed by atoms with van der Waals surface area (Å²) < 4.78 is 11.2. The van der Waals surface area contributed by atoms with Gasteiger partial charge in [0.05, 0.1) is 17.5 Å². The van der Waals surface area contributed by atoms with Gasteiger partial charge in [0, 0.05) is 29.3 Å². The number of nitro groups is 1. The average molecular weight is 324 g/mol. The highest BCUT2D eigenvalue weighted by atomic mass is 16.6.